The molecule has 0 bridgehead atoms. The van der Waals surface area contributed by atoms with Crippen molar-refractivity contribution in [2.45, 2.75) is 45.6 Å². The molecule has 1 aliphatic rings. The minimum Gasteiger partial charge on any atom is -0.356 e. The van der Waals surface area contributed by atoms with Crippen LogP contribution in [0.15, 0.2) is 29.3 Å². The third kappa shape index (κ3) is 3.49. The zero-order valence-corrected chi connectivity index (χ0v) is 12.5. The predicted octanol–water partition coefficient (Wildman–Crippen LogP) is 2.46. The van der Waals surface area contributed by atoms with Gasteiger partial charge in [-0.25, -0.2) is 0 Å². The van der Waals surface area contributed by atoms with Crippen molar-refractivity contribution >= 4 is 5.96 Å². The zero-order valence-electron chi connectivity index (χ0n) is 12.5. The maximum absolute atomic E-state index is 4.44. The second-order valence-electron chi connectivity index (χ2n) is 6.02. The Morgan fingerprint density at radius 3 is 2.53 bits per heavy atom. The molecule has 1 unspecified atom stereocenters. The molecule has 0 saturated heterocycles. The molecule has 1 aromatic carbocycles. The summed E-state index contributed by atoms with van der Waals surface area (Å²) in [5.41, 5.74) is 2.86. The maximum Gasteiger partial charge on any atom is 0.191 e. The number of rotatable bonds is 4. The number of nitrogens with zero attached hydrogens (tertiary/aromatic N) is 1. The first-order valence-corrected chi connectivity index (χ1v) is 7.15. The van der Waals surface area contributed by atoms with Crippen LogP contribution >= 0.6 is 0 Å². The van der Waals surface area contributed by atoms with E-state index in [1.807, 2.05) is 0 Å². The molecule has 1 heterocycles. The van der Waals surface area contributed by atoms with E-state index in [0.29, 0.717) is 6.04 Å². The lowest BCUT2D eigenvalue weighted by Crippen LogP contribution is -2.43. The highest BCUT2D eigenvalue weighted by Crippen LogP contribution is 2.22. The smallest absolute Gasteiger partial charge is 0.191 e. The molecule has 3 nitrogen and oxygen atoms in total. The van der Waals surface area contributed by atoms with Crippen LogP contribution < -0.4 is 10.6 Å². The van der Waals surface area contributed by atoms with E-state index < -0.39 is 0 Å². The fraction of sp³-hybridized carbons (Fsp3) is 0.562. The van der Waals surface area contributed by atoms with Gasteiger partial charge in [0.2, 0.25) is 0 Å². The van der Waals surface area contributed by atoms with Crippen molar-refractivity contribution in [3.8, 4) is 0 Å². The lowest BCUT2D eigenvalue weighted by Gasteiger charge is -2.26. The Bertz CT molecular complexity index is 446. The van der Waals surface area contributed by atoms with Gasteiger partial charge in [-0.1, -0.05) is 45.0 Å². The Morgan fingerprint density at radius 2 is 2.00 bits per heavy atom. The van der Waals surface area contributed by atoms with Crippen LogP contribution in [0.5, 0.6) is 0 Å². The van der Waals surface area contributed by atoms with E-state index in [1.165, 1.54) is 11.1 Å². The fourth-order valence-corrected chi connectivity index (χ4v) is 2.26. The zero-order chi connectivity index (χ0) is 13.9. The van der Waals surface area contributed by atoms with Gasteiger partial charge in [0.1, 0.15) is 0 Å². The largest absolute Gasteiger partial charge is 0.356 e. The SMILES string of the molecule is CCc1ccc(C(C)(C)CNC2=NCC(C)N2)cc1. The highest BCUT2D eigenvalue weighted by atomic mass is 15.2. The van der Waals surface area contributed by atoms with Crippen LogP contribution in [0, 0.1) is 0 Å². The van der Waals surface area contributed by atoms with Crippen LogP contribution in [0.25, 0.3) is 0 Å². The Hall–Kier alpha value is -1.51. The molecular formula is C16H25N3. The van der Waals surface area contributed by atoms with Crippen molar-refractivity contribution in [3.63, 3.8) is 0 Å². The molecule has 104 valence electrons. The molecule has 1 aromatic rings. The number of guanidine groups is 1. The normalized spacial score (nSPS) is 18.9. The van der Waals surface area contributed by atoms with Gasteiger partial charge in [0.05, 0.1) is 6.54 Å². The summed E-state index contributed by atoms with van der Waals surface area (Å²) < 4.78 is 0. The Labute approximate surface area is 116 Å². The summed E-state index contributed by atoms with van der Waals surface area (Å²) >= 11 is 0. The number of aryl methyl sites for hydroxylation is 1. The molecule has 0 fully saturated rings. The molecule has 2 rings (SSSR count). The molecule has 0 radical (unpaired) electrons. The first-order chi connectivity index (χ1) is 9.01. The minimum atomic E-state index is 0.0995. The van der Waals surface area contributed by atoms with Crippen molar-refractivity contribution in [3.05, 3.63) is 35.4 Å². The molecule has 3 heteroatoms. The van der Waals surface area contributed by atoms with Crippen molar-refractivity contribution in [1.29, 1.82) is 0 Å². The molecule has 0 aromatic heterocycles. The van der Waals surface area contributed by atoms with E-state index in [-0.39, 0.29) is 5.41 Å². The highest BCUT2D eigenvalue weighted by molar-refractivity contribution is 5.81. The lowest BCUT2D eigenvalue weighted by molar-refractivity contribution is 0.509. The maximum atomic E-state index is 4.44. The molecule has 0 saturated carbocycles. The summed E-state index contributed by atoms with van der Waals surface area (Å²) in [4.78, 5) is 4.44. The van der Waals surface area contributed by atoms with Gasteiger partial charge in [-0.3, -0.25) is 4.99 Å². The van der Waals surface area contributed by atoms with E-state index in [4.69, 9.17) is 0 Å². The molecule has 1 atom stereocenters. The first kappa shape index (κ1) is 13.9. The topological polar surface area (TPSA) is 36.4 Å². The molecule has 19 heavy (non-hydrogen) atoms. The number of hydrogen-bond acceptors (Lipinski definition) is 3. The average molecular weight is 259 g/mol. The predicted molar refractivity (Wildman–Crippen MR) is 81.7 cm³/mol. The van der Waals surface area contributed by atoms with E-state index in [9.17, 15) is 0 Å². The van der Waals surface area contributed by atoms with E-state index in [1.54, 1.807) is 0 Å². The summed E-state index contributed by atoms with van der Waals surface area (Å²) in [7, 11) is 0. The van der Waals surface area contributed by atoms with Crippen molar-refractivity contribution in [1.82, 2.24) is 10.6 Å². The summed E-state index contributed by atoms with van der Waals surface area (Å²) in [6, 6.07) is 9.39. The van der Waals surface area contributed by atoms with Crippen LogP contribution in [0.1, 0.15) is 38.8 Å². The molecule has 1 aliphatic heterocycles. The third-order valence-electron chi connectivity index (χ3n) is 3.75. The van der Waals surface area contributed by atoms with Gasteiger partial charge in [0.25, 0.3) is 0 Å². The van der Waals surface area contributed by atoms with Crippen molar-refractivity contribution in [2.75, 3.05) is 13.1 Å². The third-order valence-corrected chi connectivity index (χ3v) is 3.75. The first-order valence-electron chi connectivity index (χ1n) is 7.15. The summed E-state index contributed by atoms with van der Waals surface area (Å²) in [5, 5.41) is 6.75. The summed E-state index contributed by atoms with van der Waals surface area (Å²) in [6.07, 6.45) is 1.09. The van der Waals surface area contributed by atoms with Crippen LogP contribution in [0.4, 0.5) is 0 Å². The number of aliphatic imine (C=N–C) groups is 1. The summed E-state index contributed by atoms with van der Waals surface area (Å²) in [6.45, 7) is 10.6. The molecular weight excluding hydrogens is 234 g/mol. The minimum absolute atomic E-state index is 0.0995. The van der Waals surface area contributed by atoms with E-state index in [2.05, 4.69) is 67.6 Å². The Balaban J connectivity index is 1.96. The van der Waals surface area contributed by atoms with Crippen molar-refractivity contribution < 1.29 is 0 Å². The molecule has 0 spiro atoms. The second kappa shape index (κ2) is 5.64. The van der Waals surface area contributed by atoms with E-state index >= 15 is 0 Å². The quantitative estimate of drug-likeness (QED) is 0.871. The van der Waals surface area contributed by atoms with Crippen LogP contribution in [-0.2, 0) is 11.8 Å². The van der Waals surface area contributed by atoms with Gasteiger partial charge >= 0.3 is 0 Å². The van der Waals surface area contributed by atoms with E-state index in [0.717, 1.165) is 25.5 Å². The van der Waals surface area contributed by atoms with Gasteiger partial charge < -0.3 is 10.6 Å². The molecule has 2 N–H and O–H groups in total. The summed E-state index contributed by atoms with van der Waals surface area (Å²) in [5.74, 6) is 0.936. The highest BCUT2D eigenvalue weighted by Gasteiger charge is 2.22. The Morgan fingerprint density at radius 1 is 1.32 bits per heavy atom. The molecule has 0 amide bonds. The van der Waals surface area contributed by atoms with Crippen molar-refractivity contribution in [2.24, 2.45) is 4.99 Å². The number of nitrogens with one attached hydrogen (secondary N) is 2. The second-order valence-corrected chi connectivity index (χ2v) is 6.02. The van der Waals surface area contributed by atoms with Crippen LogP contribution in [0.2, 0.25) is 0 Å². The van der Waals surface area contributed by atoms with Crippen LogP contribution in [-0.4, -0.2) is 25.1 Å². The monoisotopic (exact) mass is 259 g/mol. The van der Waals surface area contributed by atoms with Gasteiger partial charge in [-0.05, 0) is 24.5 Å². The number of hydrogen-bond donors (Lipinski definition) is 2. The van der Waals surface area contributed by atoms with Crippen LogP contribution in [0.3, 0.4) is 0 Å². The van der Waals surface area contributed by atoms with Gasteiger partial charge in [0, 0.05) is 18.0 Å². The lowest BCUT2D eigenvalue weighted by atomic mass is 9.84. The molecule has 0 aliphatic carbocycles. The van der Waals surface area contributed by atoms with Gasteiger partial charge in [0.15, 0.2) is 5.96 Å². The van der Waals surface area contributed by atoms with Gasteiger partial charge in [-0.15, -0.1) is 0 Å². The standard InChI is InChI=1S/C16H25N3/c1-5-13-6-8-14(9-7-13)16(3,4)11-18-15-17-10-12(2)19-15/h6-9,12H,5,10-11H2,1-4H3,(H2,17,18,19). The Kier molecular flexibility index (Phi) is 4.13. The van der Waals surface area contributed by atoms with Gasteiger partial charge in [-0.2, -0.15) is 0 Å². The fourth-order valence-electron chi connectivity index (χ4n) is 2.26. The average Bonchev–Trinajstić information content (AvgIpc) is 2.82. The number of benzene rings is 1.